The summed E-state index contributed by atoms with van der Waals surface area (Å²) >= 11 is 6.03. The van der Waals surface area contributed by atoms with E-state index in [2.05, 4.69) is 9.98 Å². The molecule has 0 saturated heterocycles. The molecule has 0 spiro atoms. The van der Waals surface area contributed by atoms with Crippen molar-refractivity contribution in [2.24, 2.45) is 4.99 Å². The van der Waals surface area contributed by atoms with Gasteiger partial charge in [-0.3, -0.25) is 0 Å². The summed E-state index contributed by atoms with van der Waals surface area (Å²) in [5.41, 5.74) is -0.387. The van der Waals surface area contributed by atoms with Crippen molar-refractivity contribution in [1.82, 2.24) is 4.98 Å². The average molecular weight is 299 g/mol. The van der Waals surface area contributed by atoms with Gasteiger partial charge < -0.3 is 4.74 Å². The monoisotopic (exact) mass is 298 g/mol. The van der Waals surface area contributed by atoms with Gasteiger partial charge in [0.05, 0.1) is 5.56 Å². The van der Waals surface area contributed by atoms with Crippen molar-refractivity contribution >= 4 is 22.5 Å². The average Bonchev–Trinajstić information content (AvgIpc) is 2.53. The van der Waals surface area contributed by atoms with E-state index in [0.717, 1.165) is 6.07 Å². The molecule has 0 amide bonds. The lowest BCUT2D eigenvalue weighted by Crippen LogP contribution is -2.08. The summed E-state index contributed by atoms with van der Waals surface area (Å²) in [7, 11) is 0. The summed E-state index contributed by atoms with van der Waals surface area (Å²) in [5.74, 6) is 0.0924. The van der Waals surface area contributed by atoms with Gasteiger partial charge in [0.2, 0.25) is 5.88 Å². The van der Waals surface area contributed by atoms with Crippen LogP contribution < -0.4 is 4.74 Å². The number of aromatic nitrogens is 1. The molecule has 1 aliphatic rings. The zero-order valence-electron chi connectivity index (χ0n) is 9.78. The summed E-state index contributed by atoms with van der Waals surface area (Å²) < 4.78 is 43.4. The molecule has 1 aliphatic heterocycles. The summed E-state index contributed by atoms with van der Waals surface area (Å²) in [6, 6.07) is 8.68. The second-order valence-corrected chi connectivity index (χ2v) is 4.38. The van der Waals surface area contributed by atoms with E-state index >= 15 is 0 Å². The van der Waals surface area contributed by atoms with Gasteiger partial charge in [0.1, 0.15) is 22.3 Å². The van der Waals surface area contributed by atoms with Gasteiger partial charge in [0, 0.05) is 0 Å². The molecule has 0 N–H and O–H groups in total. The van der Waals surface area contributed by atoms with Gasteiger partial charge in [0.15, 0.2) is 0 Å². The molecular formula is C13H6ClF3N2O. The molecular weight excluding hydrogens is 293 g/mol. The van der Waals surface area contributed by atoms with Crippen LogP contribution in [0.2, 0.25) is 0 Å². The molecule has 0 bridgehead atoms. The predicted molar refractivity (Wildman–Crippen MR) is 67.8 cm³/mol. The molecule has 0 fully saturated rings. The molecule has 3 nitrogen and oxygen atoms in total. The molecule has 0 saturated carbocycles. The van der Waals surface area contributed by atoms with Crippen LogP contribution in [0.3, 0.4) is 0 Å². The first-order valence-electron chi connectivity index (χ1n) is 5.55. The number of aliphatic imine (C=N–C) groups is 1. The van der Waals surface area contributed by atoms with Crippen LogP contribution in [0.4, 0.5) is 18.9 Å². The van der Waals surface area contributed by atoms with E-state index in [0.29, 0.717) is 11.3 Å². The number of pyridine rings is 1. The van der Waals surface area contributed by atoms with Gasteiger partial charge >= 0.3 is 6.18 Å². The van der Waals surface area contributed by atoms with E-state index in [1.807, 2.05) is 0 Å². The van der Waals surface area contributed by atoms with Crippen molar-refractivity contribution in [1.29, 1.82) is 0 Å². The van der Waals surface area contributed by atoms with Gasteiger partial charge in [-0.25, -0.2) is 9.98 Å². The first-order valence-corrected chi connectivity index (χ1v) is 5.92. The van der Waals surface area contributed by atoms with E-state index < -0.39 is 11.9 Å². The highest BCUT2D eigenvalue weighted by Gasteiger charge is 2.34. The van der Waals surface area contributed by atoms with Crippen molar-refractivity contribution in [2.75, 3.05) is 0 Å². The Kier molecular flexibility index (Phi) is 2.90. The molecule has 0 aliphatic carbocycles. The lowest BCUT2D eigenvalue weighted by molar-refractivity contribution is -0.141. The predicted octanol–water partition coefficient (Wildman–Crippen LogP) is 4.52. The van der Waals surface area contributed by atoms with E-state index in [1.165, 1.54) is 6.07 Å². The minimum atomic E-state index is -4.54. The zero-order chi connectivity index (χ0) is 14.3. The number of rotatable bonds is 0. The maximum atomic E-state index is 12.7. The third-order valence-electron chi connectivity index (χ3n) is 2.67. The maximum Gasteiger partial charge on any atom is 0.433 e. The van der Waals surface area contributed by atoms with Crippen LogP contribution in [0.15, 0.2) is 41.4 Å². The normalized spacial score (nSPS) is 13.7. The van der Waals surface area contributed by atoms with E-state index in [4.69, 9.17) is 16.3 Å². The van der Waals surface area contributed by atoms with Crippen LogP contribution in [0.5, 0.6) is 11.6 Å². The fourth-order valence-electron chi connectivity index (χ4n) is 1.75. The van der Waals surface area contributed by atoms with Crippen LogP contribution in [0.1, 0.15) is 11.3 Å². The van der Waals surface area contributed by atoms with Gasteiger partial charge in [0.25, 0.3) is 0 Å². The van der Waals surface area contributed by atoms with E-state index in [9.17, 15) is 13.2 Å². The molecule has 2 aromatic rings. The maximum absolute atomic E-state index is 12.7. The van der Waals surface area contributed by atoms with Crippen LogP contribution in [0, 0.1) is 0 Å². The molecule has 2 heterocycles. The number of hydrogen-bond acceptors (Lipinski definition) is 3. The Hall–Kier alpha value is -2.08. The molecule has 1 aromatic heterocycles. The van der Waals surface area contributed by atoms with Gasteiger partial charge in [-0.1, -0.05) is 23.7 Å². The van der Waals surface area contributed by atoms with Crippen molar-refractivity contribution in [3.05, 3.63) is 47.7 Å². The first kappa shape index (κ1) is 12.9. The Labute approximate surface area is 116 Å². The third kappa shape index (κ3) is 2.22. The number of nitrogens with zero attached hydrogens (tertiary/aromatic N) is 2. The second-order valence-electron chi connectivity index (χ2n) is 4.02. The highest BCUT2D eigenvalue weighted by atomic mass is 35.5. The number of benzene rings is 1. The summed E-state index contributed by atoms with van der Waals surface area (Å²) in [6.07, 6.45) is -4.54. The standard InChI is InChI=1S/C13H6ClF3N2O/c14-11-7-3-1-2-4-9(7)20-12-8(18-11)5-6-10(19-12)13(15,16)17/h1-6H. The number of hydrogen-bond donors (Lipinski definition) is 0. The Morgan fingerprint density at radius 1 is 1.05 bits per heavy atom. The van der Waals surface area contributed by atoms with Gasteiger partial charge in [-0.05, 0) is 24.3 Å². The summed E-state index contributed by atoms with van der Waals surface area (Å²) in [6.45, 7) is 0. The minimum Gasteiger partial charge on any atom is -0.436 e. The quantitative estimate of drug-likeness (QED) is 0.716. The molecule has 20 heavy (non-hydrogen) atoms. The van der Waals surface area contributed by atoms with Crippen LogP contribution in [-0.2, 0) is 6.18 Å². The van der Waals surface area contributed by atoms with E-state index in [-0.39, 0.29) is 16.7 Å². The molecule has 1 aromatic carbocycles. The second kappa shape index (κ2) is 4.49. The number of para-hydroxylation sites is 1. The number of alkyl halides is 3. The van der Waals surface area contributed by atoms with Crippen molar-refractivity contribution in [3.63, 3.8) is 0 Å². The summed E-state index contributed by atoms with van der Waals surface area (Å²) in [4.78, 5) is 7.50. The van der Waals surface area contributed by atoms with Crippen molar-refractivity contribution in [3.8, 4) is 11.6 Å². The molecule has 3 rings (SSSR count). The molecule has 0 atom stereocenters. The van der Waals surface area contributed by atoms with Crippen LogP contribution in [0.25, 0.3) is 0 Å². The van der Waals surface area contributed by atoms with Crippen molar-refractivity contribution in [2.45, 2.75) is 6.18 Å². The minimum absolute atomic E-state index is 0.140. The lowest BCUT2D eigenvalue weighted by atomic mass is 10.2. The highest BCUT2D eigenvalue weighted by molar-refractivity contribution is 6.70. The number of halogens is 4. The highest BCUT2D eigenvalue weighted by Crippen LogP contribution is 2.39. The molecule has 0 radical (unpaired) electrons. The number of ether oxygens (including phenoxy) is 1. The zero-order valence-corrected chi connectivity index (χ0v) is 10.5. The lowest BCUT2D eigenvalue weighted by Gasteiger charge is -2.10. The topological polar surface area (TPSA) is 34.5 Å². The van der Waals surface area contributed by atoms with Crippen LogP contribution >= 0.6 is 11.6 Å². The molecule has 7 heteroatoms. The van der Waals surface area contributed by atoms with Gasteiger partial charge in [-0.15, -0.1) is 0 Å². The van der Waals surface area contributed by atoms with E-state index in [1.54, 1.807) is 24.3 Å². The fraction of sp³-hybridized carbons (Fsp3) is 0.0769. The Morgan fingerprint density at radius 3 is 2.55 bits per heavy atom. The fourth-order valence-corrected chi connectivity index (χ4v) is 1.99. The smallest absolute Gasteiger partial charge is 0.433 e. The Morgan fingerprint density at radius 2 is 1.80 bits per heavy atom. The Bertz CT molecular complexity index is 713. The Balaban J connectivity index is 2.16. The first-order chi connectivity index (χ1) is 9.45. The number of fused-ring (bicyclic) bond motifs is 2. The van der Waals surface area contributed by atoms with Crippen molar-refractivity contribution < 1.29 is 17.9 Å². The summed E-state index contributed by atoms with van der Waals surface area (Å²) in [5, 5.41) is 0.140. The molecule has 0 unspecified atom stereocenters. The largest absolute Gasteiger partial charge is 0.436 e. The van der Waals surface area contributed by atoms with Crippen LogP contribution in [-0.4, -0.2) is 10.2 Å². The third-order valence-corrected chi connectivity index (χ3v) is 2.95. The SMILES string of the molecule is FC(F)(F)c1ccc2c(n1)Oc1ccccc1C(Cl)=N2. The molecule has 102 valence electrons. The van der Waals surface area contributed by atoms with Gasteiger partial charge in [-0.2, -0.15) is 13.2 Å².